The summed E-state index contributed by atoms with van der Waals surface area (Å²) in [6.07, 6.45) is 4.06. The molecule has 1 saturated carbocycles. The lowest BCUT2D eigenvalue weighted by Crippen LogP contribution is -2.28. The zero-order valence-electron chi connectivity index (χ0n) is 7.15. The molecule has 1 rings (SSSR count). The molecule has 0 aliphatic heterocycles. The van der Waals surface area contributed by atoms with Gasteiger partial charge in [0, 0.05) is 5.38 Å². The normalized spacial score (nSPS) is 43.8. The molecule has 60 valence electrons. The highest BCUT2D eigenvalue weighted by Gasteiger charge is 2.39. The molecular weight excluding hydrogens is 144 g/mol. The van der Waals surface area contributed by atoms with Gasteiger partial charge in [0.05, 0.1) is 0 Å². The molecule has 1 aliphatic carbocycles. The van der Waals surface area contributed by atoms with Crippen molar-refractivity contribution >= 4 is 11.6 Å². The van der Waals surface area contributed by atoms with E-state index >= 15 is 0 Å². The van der Waals surface area contributed by atoms with Gasteiger partial charge in [0.2, 0.25) is 0 Å². The minimum absolute atomic E-state index is 0.338. The first-order chi connectivity index (χ1) is 4.57. The van der Waals surface area contributed by atoms with Crippen molar-refractivity contribution in [3.63, 3.8) is 0 Å². The molecule has 0 bridgehead atoms. The second kappa shape index (κ2) is 2.73. The van der Waals surface area contributed by atoms with Gasteiger partial charge in [-0.25, -0.2) is 0 Å². The van der Waals surface area contributed by atoms with E-state index in [1.54, 1.807) is 0 Å². The highest BCUT2D eigenvalue weighted by Crippen LogP contribution is 2.46. The van der Waals surface area contributed by atoms with Crippen molar-refractivity contribution in [2.45, 2.75) is 45.4 Å². The number of hydrogen-bond donors (Lipinski definition) is 0. The number of hydrogen-bond acceptors (Lipinski definition) is 0. The standard InChI is InChI=1S/C9H17Cl/c1-7-5-4-6-9(7,3)8(2)10/h7-8H,4-6H2,1-3H3. The highest BCUT2D eigenvalue weighted by atomic mass is 35.5. The van der Waals surface area contributed by atoms with Crippen molar-refractivity contribution in [2.75, 3.05) is 0 Å². The zero-order chi connectivity index (χ0) is 7.78. The van der Waals surface area contributed by atoms with Gasteiger partial charge in [0.1, 0.15) is 0 Å². The fourth-order valence-electron chi connectivity index (χ4n) is 1.96. The van der Waals surface area contributed by atoms with Gasteiger partial charge >= 0.3 is 0 Å². The van der Waals surface area contributed by atoms with Crippen LogP contribution in [0, 0.1) is 11.3 Å². The molecular formula is C9H17Cl. The first kappa shape index (κ1) is 8.39. The van der Waals surface area contributed by atoms with E-state index in [9.17, 15) is 0 Å². The van der Waals surface area contributed by atoms with Gasteiger partial charge in [-0.1, -0.05) is 26.7 Å². The van der Waals surface area contributed by atoms with Crippen LogP contribution in [-0.4, -0.2) is 5.38 Å². The van der Waals surface area contributed by atoms with Crippen LogP contribution in [0.5, 0.6) is 0 Å². The Bertz CT molecular complexity index is 120. The molecule has 0 radical (unpaired) electrons. The van der Waals surface area contributed by atoms with E-state index in [0.717, 1.165) is 5.92 Å². The fourth-order valence-corrected chi connectivity index (χ4v) is 2.28. The lowest BCUT2D eigenvalue weighted by Gasteiger charge is -2.31. The molecule has 0 saturated heterocycles. The monoisotopic (exact) mass is 160 g/mol. The largest absolute Gasteiger partial charge is 0.123 e. The van der Waals surface area contributed by atoms with Crippen LogP contribution in [0.1, 0.15) is 40.0 Å². The van der Waals surface area contributed by atoms with E-state index < -0.39 is 0 Å². The average molecular weight is 161 g/mol. The smallest absolute Gasteiger partial charge is 0.0364 e. The van der Waals surface area contributed by atoms with Crippen LogP contribution >= 0.6 is 11.6 Å². The molecule has 0 aromatic carbocycles. The van der Waals surface area contributed by atoms with E-state index in [4.69, 9.17) is 11.6 Å². The molecule has 1 heteroatoms. The van der Waals surface area contributed by atoms with Crippen LogP contribution in [-0.2, 0) is 0 Å². The Balaban J connectivity index is 2.66. The second-order valence-electron chi connectivity index (χ2n) is 3.92. The van der Waals surface area contributed by atoms with Crippen LogP contribution in [0.4, 0.5) is 0 Å². The summed E-state index contributed by atoms with van der Waals surface area (Å²) in [5, 5.41) is 0.338. The Morgan fingerprint density at radius 2 is 2.20 bits per heavy atom. The third-order valence-electron chi connectivity index (χ3n) is 3.39. The lowest BCUT2D eigenvalue weighted by molar-refractivity contribution is 0.242. The topological polar surface area (TPSA) is 0 Å². The number of alkyl halides is 1. The summed E-state index contributed by atoms with van der Waals surface area (Å²) in [5.41, 5.74) is 0.418. The summed E-state index contributed by atoms with van der Waals surface area (Å²) in [4.78, 5) is 0. The van der Waals surface area contributed by atoms with Crippen LogP contribution in [0.15, 0.2) is 0 Å². The summed E-state index contributed by atoms with van der Waals surface area (Å²) in [6, 6.07) is 0. The van der Waals surface area contributed by atoms with Crippen LogP contribution in [0.25, 0.3) is 0 Å². The van der Waals surface area contributed by atoms with Crippen molar-refractivity contribution in [1.82, 2.24) is 0 Å². The minimum atomic E-state index is 0.338. The maximum absolute atomic E-state index is 6.12. The zero-order valence-corrected chi connectivity index (χ0v) is 7.91. The summed E-state index contributed by atoms with van der Waals surface area (Å²) >= 11 is 6.12. The van der Waals surface area contributed by atoms with E-state index in [0.29, 0.717) is 10.8 Å². The van der Waals surface area contributed by atoms with E-state index in [1.165, 1.54) is 19.3 Å². The van der Waals surface area contributed by atoms with Gasteiger partial charge < -0.3 is 0 Å². The van der Waals surface area contributed by atoms with E-state index in [2.05, 4.69) is 20.8 Å². The quantitative estimate of drug-likeness (QED) is 0.516. The van der Waals surface area contributed by atoms with E-state index in [1.807, 2.05) is 0 Å². The Morgan fingerprint density at radius 1 is 1.60 bits per heavy atom. The Morgan fingerprint density at radius 3 is 2.40 bits per heavy atom. The van der Waals surface area contributed by atoms with Crippen molar-refractivity contribution in [3.8, 4) is 0 Å². The van der Waals surface area contributed by atoms with Gasteiger partial charge in [-0.15, -0.1) is 11.6 Å². The van der Waals surface area contributed by atoms with Gasteiger partial charge in [-0.05, 0) is 24.7 Å². The number of halogens is 1. The second-order valence-corrected chi connectivity index (χ2v) is 4.57. The minimum Gasteiger partial charge on any atom is -0.123 e. The molecule has 0 amide bonds. The van der Waals surface area contributed by atoms with E-state index in [-0.39, 0.29) is 0 Å². The molecule has 3 atom stereocenters. The van der Waals surface area contributed by atoms with Crippen LogP contribution in [0.3, 0.4) is 0 Å². The van der Waals surface area contributed by atoms with Crippen molar-refractivity contribution in [2.24, 2.45) is 11.3 Å². The van der Waals surface area contributed by atoms with Gasteiger partial charge in [-0.3, -0.25) is 0 Å². The predicted molar refractivity (Wildman–Crippen MR) is 46.4 cm³/mol. The van der Waals surface area contributed by atoms with Gasteiger partial charge in [-0.2, -0.15) is 0 Å². The van der Waals surface area contributed by atoms with Crippen LogP contribution < -0.4 is 0 Å². The molecule has 0 aromatic heterocycles. The van der Waals surface area contributed by atoms with Crippen molar-refractivity contribution < 1.29 is 0 Å². The molecule has 0 N–H and O–H groups in total. The molecule has 0 spiro atoms. The lowest BCUT2D eigenvalue weighted by atomic mass is 9.78. The first-order valence-corrected chi connectivity index (χ1v) is 4.65. The first-order valence-electron chi connectivity index (χ1n) is 4.21. The van der Waals surface area contributed by atoms with Crippen molar-refractivity contribution in [1.29, 1.82) is 0 Å². The average Bonchev–Trinajstić information content (AvgIpc) is 2.15. The molecule has 10 heavy (non-hydrogen) atoms. The Kier molecular flexibility index (Phi) is 2.29. The maximum atomic E-state index is 6.12. The Labute approximate surface area is 69.0 Å². The van der Waals surface area contributed by atoms with Crippen molar-refractivity contribution in [3.05, 3.63) is 0 Å². The summed E-state index contributed by atoms with van der Waals surface area (Å²) in [6.45, 7) is 6.78. The summed E-state index contributed by atoms with van der Waals surface area (Å²) in [5.74, 6) is 0.819. The highest BCUT2D eigenvalue weighted by molar-refractivity contribution is 6.20. The molecule has 1 aliphatic rings. The molecule has 1 fully saturated rings. The van der Waals surface area contributed by atoms with Gasteiger partial charge in [0.15, 0.2) is 0 Å². The predicted octanol–water partition coefficient (Wildman–Crippen LogP) is 3.44. The van der Waals surface area contributed by atoms with Gasteiger partial charge in [0.25, 0.3) is 0 Å². The molecule has 0 nitrogen and oxygen atoms in total. The van der Waals surface area contributed by atoms with Crippen LogP contribution in [0.2, 0.25) is 0 Å². The third-order valence-corrected chi connectivity index (χ3v) is 3.89. The molecule has 0 heterocycles. The Hall–Kier alpha value is 0.290. The maximum Gasteiger partial charge on any atom is 0.0364 e. The SMILES string of the molecule is CC(Cl)C1(C)CCCC1C. The number of rotatable bonds is 1. The third kappa shape index (κ3) is 1.18. The summed E-state index contributed by atoms with van der Waals surface area (Å²) < 4.78 is 0. The summed E-state index contributed by atoms with van der Waals surface area (Å²) in [7, 11) is 0. The molecule has 0 aromatic rings. The fraction of sp³-hybridized carbons (Fsp3) is 1.00. The molecule has 3 unspecified atom stereocenters.